The Morgan fingerprint density at radius 2 is 1.95 bits per heavy atom. The number of hydrogen-bond donors (Lipinski definition) is 1. The summed E-state index contributed by atoms with van der Waals surface area (Å²) in [5.41, 5.74) is 0. The highest BCUT2D eigenvalue weighted by atomic mass is 32.2. The zero-order chi connectivity index (χ0) is 16.2. The van der Waals surface area contributed by atoms with Gasteiger partial charge in [-0.25, -0.2) is 8.42 Å². The van der Waals surface area contributed by atoms with E-state index in [0.29, 0.717) is 6.42 Å². The Kier molecular flexibility index (Phi) is 6.15. The summed E-state index contributed by atoms with van der Waals surface area (Å²) in [4.78, 5) is 26.2. The Labute approximate surface area is 125 Å². The molecule has 1 rings (SSSR count). The summed E-state index contributed by atoms with van der Waals surface area (Å²) in [7, 11) is -1.46. The summed E-state index contributed by atoms with van der Waals surface area (Å²) in [5, 5.41) is 8.91. The van der Waals surface area contributed by atoms with Gasteiger partial charge in [-0.3, -0.25) is 14.5 Å². The van der Waals surface area contributed by atoms with E-state index in [-0.39, 0.29) is 42.6 Å². The van der Waals surface area contributed by atoms with Crippen LogP contribution in [0.5, 0.6) is 0 Å². The molecule has 1 N–H and O–H groups in total. The molecule has 0 saturated carbocycles. The molecule has 0 aromatic heterocycles. The lowest BCUT2D eigenvalue weighted by Gasteiger charge is -2.30. The van der Waals surface area contributed by atoms with Crippen molar-refractivity contribution in [2.75, 3.05) is 31.6 Å². The molecule has 1 amide bonds. The predicted molar refractivity (Wildman–Crippen MR) is 78.8 cm³/mol. The lowest BCUT2D eigenvalue weighted by Crippen LogP contribution is -2.47. The molecule has 2 unspecified atom stereocenters. The van der Waals surface area contributed by atoms with Gasteiger partial charge >= 0.3 is 5.97 Å². The molecule has 8 heteroatoms. The third kappa shape index (κ3) is 5.28. The van der Waals surface area contributed by atoms with Crippen molar-refractivity contribution in [1.29, 1.82) is 0 Å². The third-order valence-electron chi connectivity index (χ3n) is 4.04. The largest absolute Gasteiger partial charge is 0.480 e. The molecule has 0 aliphatic carbocycles. The van der Waals surface area contributed by atoms with Gasteiger partial charge in [0.25, 0.3) is 0 Å². The predicted octanol–water partition coefficient (Wildman–Crippen LogP) is -0.183. The SMILES string of the molecule is CCC(C)N(CC(=O)O)CC(=O)N(C)C1CCS(=O)(=O)C1. The van der Waals surface area contributed by atoms with Crippen LogP contribution in [0.15, 0.2) is 0 Å². The summed E-state index contributed by atoms with van der Waals surface area (Å²) in [6, 6.07) is -0.322. The van der Waals surface area contributed by atoms with Crippen molar-refractivity contribution in [2.45, 2.75) is 38.8 Å². The number of carboxylic acid groups (broad SMARTS) is 1. The van der Waals surface area contributed by atoms with Crippen molar-refractivity contribution in [3.63, 3.8) is 0 Å². The number of likely N-dealkylation sites (N-methyl/N-ethyl adjacent to an activating group) is 1. The minimum absolute atomic E-state index is 0.00248. The lowest BCUT2D eigenvalue weighted by atomic mass is 10.2. The Bertz CT molecular complexity index is 491. The van der Waals surface area contributed by atoms with Crippen LogP contribution in [-0.2, 0) is 19.4 Å². The number of carbonyl (C=O) groups is 2. The molecule has 1 fully saturated rings. The van der Waals surface area contributed by atoms with Crippen LogP contribution in [0.25, 0.3) is 0 Å². The number of amides is 1. The van der Waals surface area contributed by atoms with Gasteiger partial charge in [0.15, 0.2) is 9.84 Å². The van der Waals surface area contributed by atoms with Gasteiger partial charge in [0, 0.05) is 19.1 Å². The fraction of sp³-hybridized carbons (Fsp3) is 0.846. The Balaban J connectivity index is 2.66. The van der Waals surface area contributed by atoms with Gasteiger partial charge in [-0.2, -0.15) is 0 Å². The molecule has 21 heavy (non-hydrogen) atoms. The van der Waals surface area contributed by atoms with E-state index >= 15 is 0 Å². The Morgan fingerprint density at radius 3 is 2.38 bits per heavy atom. The summed E-state index contributed by atoms with van der Waals surface area (Å²) in [6.07, 6.45) is 1.19. The van der Waals surface area contributed by atoms with E-state index < -0.39 is 15.8 Å². The van der Waals surface area contributed by atoms with Crippen molar-refractivity contribution in [2.24, 2.45) is 0 Å². The average molecular weight is 320 g/mol. The molecule has 0 aromatic carbocycles. The fourth-order valence-electron chi connectivity index (χ4n) is 2.37. The Hall–Kier alpha value is -1.15. The van der Waals surface area contributed by atoms with Gasteiger partial charge in [-0.1, -0.05) is 6.92 Å². The summed E-state index contributed by atoms with van der Waals surface area (Å²) in [5.74, 6) is -1.11. The van der Waals surface area contributed by atoms with Gasteiger partial charge in [-0.15, -0.1) is 0 Å². The number of rotatable bonds is 7. The van der Waals surface area contributed by atoms with Crippen LogP contribution in [0, 0.1) is 0 Å². The number of hydrogen-bond acceptors (Lipinski definition) is 5. The molecule has 1 aliphatic rings. The first-order chi connectivity index (χ1) is 9.66. The molecule has 7 nitrogen and oxygen atoms in total. The molecular formula is C13H24N2O5S. The van der Waals surface area contributed by atoms with E-state index in [0.717, 1.165) is 6.42 Å². The first-order valence-electron chi connectivity index (χ1n) is 7.08. The second kappa shape index (κ2) is 7.22. The molecule has 1 saturated heterocycles. The number of carboxylic acids is 1. The highest BCUT2D eigenvalue weighted by molar-refractivity contribution is 7.91. The van der Waals surface area contributed by atoms with Crippen LogP contribution >= 0.6 is 0 Å². The highest BCUT2D eigenvalue weighted by Gasteiger charge is 2.33. The van der Waals surface area contributed by atoms with Crippen molar-refractivity contribution in [1.82, 2.24) is 9.80 Å². The number of sulfone groups is 1. The zero-order valence-electron chi connectivity index (χ0n) is 12.8. The maximum atomic E-state index is 12.2. The van der Waals surface area contributed by atoms with Gasteiger partial charge in [0.1, 0.15) is 0 Å². The van der Waals surface area contributed by atoms with Crippen molar-refractivity contribution in [3.8, 4) is 0 Å². The van der Waals surface area contributed by atoms with Gasteiger partial charge in [0.2, 0.25) is 5.91 Å². The minimum atomic E-state index is -3.04. The van der Waals surface area contributed by atoms with Crippen molar-refractivity contribution >= 4 is 21.7 Å². The Morgan fingerprint density at radius 1 is 1.33 bits per heavy atom. The first-order valence-corrected chi connectivity index (χ1v) is 8.90. The molecule has 2 atom stereocenters. The van der Waals surface area contributed by atoms with Crippen molar-refractivity contribution in [3.05, 3.63) is 0 Å². The first kappa shape index (κ1) is 17.9. The standard InChI is InChI=1S/C13H24N2O5S/c1-4-10(2)15(8-13(17)18)7-12(16)14(3)11-5-6-21(19,20)9-11/h10-11H,4-9H2,1-3H3,(H,17,18). The van der Waals surface area contributed by atoms with Crippen LogP contribution in [0.3, 0.4) is 0 Å². The summed E-state index contributed by atoms with van der Waals surface area (Å²) < 4.78 is 22.9. The second-order valence-corrected chi connectivity index (χ2v) is 7.85. The van der Waals surface area contributed by atoms with E-state index in [1.165, 1.54) is 4.90 Å². The smallest absolute Gasteiger partial charge is 0.317 e. The second-order valence-electron chi connectivity index (χ2n) is 5.62. The molecule has 0 spiro atoms. The number of aliphatic carboxylic acids is 1. The molecule has 1 aliphatic heterocycles. The molecule has 0 bridgehead atoms. The fourth-order valence-corrected chi connectivity index (χ4v) is 4.14. The average Bonchev–Trinajstić information content (AvgIpc) is 2.75. The van der Waals surface area contributed by atoms with Crippen LogP contribution in [0.1, 0.15) is 26.7 Å². The summed E-state index contributed by atoms with van der Waals surface area (Å²) in [6.45, 7) is 3.60. The van der Waals surface area contributed by atoms with E-state index in [1.54, 1.807) is 11.9 Å². The molecule has 122 valence electrons. The molecule has 1 heterocycles. The minimum Gasteiger partial charge on any atom is -0.480 e. The van der Waals surface area contributed by atoms with E-state index in [9.17, 15) is 18.0 Å². The van der Waals surface area contributed by atoms with E-state index in [1.807, 2.05) is 13.8 Å². The lowest BCUT2D eigenvalue weighted by molar-refractivity contribution is -0.140. The van der Waals surface area contributed by atoms with E-state index in [2.05, 4.69) is 0 Å². The van der Waals surface area contributed by atoms with Crippen LogP contribution in [-0.4, -0.2) is 78.9 Å². The van der Waals surface area contributed by atoms with Crippen LogP contribution in [0.2, 0.25) is 0 Å². The topological polar surface area (TPSA) is 95.0 Å². The van der Waals surface area contributed by atoms with Crippen molar-refractivity contribution < 1.29 is 23.1 Å². The number of nitrogens with zero attached hydrogens (tertiary/aromatic N) is 2. The third-order valence-corrected chi connectivity index (χ3v) is 5.79. The van der Waals surface area contributed by atoms with Gasteiger partial charge < -0.3 is 10.0 Å². The van der Waals surface area contributed by atoms with Gasteiger partial charge in [0.05, 0.1) is 24.6 Å². The highest BCUT2D eigenvalue weighted by Crippen LogP contribution is 2.17. The van der Waals surface area contributed by atoms with Crippen LogP contribution < -0.4 is 0 Å². The van der Waals surface area contributed by atoms with Gasteiger partial charge in [-0.05, 0) is 19.8 Å². The quantitative estimate of drug-likeness (QED) is 0.699. The van der Waals surface area contributed by atoms with Crippen LogP contribution in [0.4, 0.5) is 0 Å². The maximum absolute atomic E-state index is 12.2. The monoisotopic (exact) mass is 320 g/mol. The summed E-state index contributed by atoms with van der Waals surface area (Å²) >= 11 is 0. The molecule has 0 aromatic rings. The maximum Gasteiger partial charge on any atom is 0.317 e. The molecular weight excluding hydrogens is 296 g/mol. The zero-order valence-corrected chi connectivity index (χ0v) is 13.6. The molecule has 0 radical (unpaired) electrons. The number of carbonyl (C=O) groups excluding carboxylic acids is 1. The van der Waals surface area contributed by atoms with E-state index in [4.69, 9.17) is 5.11 Å². The normalized spacial score (nSPS) is 22.2.